The van der Waals surface area contributed by atoms with Gasteiger partial charge in [0.05, 0.1) is 11.8 Å². The molecular formula is C16H16FNO4. The summed E-state index contributed by atoms with van der Waals surface area (Å²) in [5, 5.41) is 11.5. The molecule has 6 heteroatoms. The Morgan fingerprint density at radius 3 is 2.64 bits per heavy atom. The molecule has 22 heavy (non-hydrogen) atoms. The first-order chi connectivity index (χ1) is 10.4. The Morgan fingerprint density at radius 1 is 1.27 bits per heavy atom. The number of aliphatic carboxylic acids is 1. The minimum atomic E-state index is -1.07. The summed E-state index contributed by atoms with van der Waals surface area (Å²) in [4.78, 5) is 23.0. The van der Waals surface area contributed by atoms with Gasteiger partial charge in [-0.2, -0.15) is 0 Å². The molecule has 2 aromatic rings. The van der Waals surface area contributed by atoms with E-state index in [0.29, 0.717) is 11.1 Å². The zero-order valence-electron chi connectivity index (χ0n) is 12.3. The number of furan rings is 1. The van der Waals surface area contributed by atoms with Gasteiger partial charge in [0.1, 0.15) is 18.0 Å². The molecule has 0 bridgehead atoms. The molecule has 5 nitrogen and oxygen atoms in total. The van der Waals surface area contributed by atoms with E-state index in [2.05, 4.69) is 5.32 Å². The molecule has 0 atom stereocenters. The first kappa shape index (κ1) is 15.8. The van der Waals surface area contributed by atoms with Crippen LogP contribution >= 0.6 is 0 Å². The highest BCUT2D eigenvalue weighted by atomic mass is 19.1. The van der Waals surface area contributed by atoms with E-state index in [4.69, 9.17) is 9.52 Å². The normalized spacial score (nSPS) is 10.5. The fourth-order valence-corrected chi connectivity index (χ4v) is 2.16. The van der Waals surface area contributed by atoms with Gasteiger partial charge >= 0.3 is 5.97 Å². The molecule has 0 saturated heterocycles. The van der Waals surface area contributed by atoms with Gasteiger partial charge in [-0.1, -0.05) is 12.1 Å². The number of hydrogen-bond acceptors (Lipinski definition) is 3. The van der Waals surface area contributed by atoms with Crippen LogP contribution in [0.3, 0.4) is 0 Å². The monoisotopic (exact) mass is 305 g/mol. The van der Waals surface area contributed by atoms with Crippen LogP contribution in [0.2, 0.25) is 0 Å². The molecular weight excluding hydrogens is 289 g/mol. The highest BCUT2D eigenvalue weighted by Crippen LogP contribution is 2.17. The highest BCUT2D eigenvalue weighted by Gasteiger charge is 2.20. The largest absolute Gasteiger partial charge is 0.481 e. The van der Waals surface area contributed by atoms with E-state index in [9.17, 15) is 14.0 Å². The van der Waals surface area contributed by atoms with Crippen molar-refractivity contribution < 1.29 is 23.5 Å². The van der Waals surface area contributed by atoms with Crippen LogP contribution in [0.5, 0.6) is 0 Å². The number of carbonyl (C=O) groups excluding carboxylic acids is 1. The van der Waals surface area contributed by atoms with Crippen LogP contribution in [-0.4, -0.2) is 17.0 Å². The zero-order chi connectivity index (χ0) is 16.3. The number of carboxylic acid groups (broad SMARTS) is 1. The Balaban J connectivity index is 2.10. The average molecular weight is 305 g/mol. The fraction of sp³-hybridized carbons (Fsp3) is 0.250. The maximum absolute atomic E-state index is 13.2. The zero-order valence-corrected chi connectivity index (χ0v) is 12.3. The van der Waals surface area contributed by atoms with Gasteiger partial charge in [0.15, 0.2) is 0 Å². The Kier molecular flexibility index (Phi) is 4.60. The van der Waals surface area contributed by atoms with E-state index in [-0.39, 0.29) is 30.1 Å². The van der Waals surface area contributed by atoms with Crippen LogP contribution in [0.4, 0.5) is 4.39 Å². The molecule has 116 valence electrons. The number of amides is 1. The van der Waals surface area contributed by atoms with Crippen LogP contribution in [0.1, 0.15) is 32.8 Å². The number of hydrogen-bond donors (Lipinski definition) is 2. The first-order valence-electron chi connectivity index (χ1n) is 6.70. The SMILES string of the molecule is Cc1cc(CNC(=O)c2c(C)coc2CC(=O)O)ccc1F. The van der Waals surface area contributed by atoms with E-state index in [1.54, 1.807) is 26.0 Å². The van der Waals surface area contributed by atoms with Crippen molar-refractivity contribution in [3.8, 4) is 0 Å². The molecule has 0 fully saturated rings. The summed E-state index contributed by atoms with van der Waals surface area (Å²) in [5.74, 6) is -1.66. The van der Waals surface area contributed by atoms with Crippen molar-refractivity contribution >= 4 is 11.9 Å². The van der Waals surface area contributed by atoms with Gasteiger partial charge in [0.25, 0.3) is 5.91 Å². The molecule has 2 rings (SSSR count). The number of carbonyl (C=O) groups is 2. The van der Waals surface area contributed by atoms with Gasteiger partial charge < -0.3 is 14.8 Å². The lowest BCUT2D eigenvalue weighted by Gasteiger charge is -2.07. The fourth-order valence-electron chi connectivity index (χ4n) is 2.16. The summed E-state index contributed by atoms with van der Waals surface area (Å²) >= 11 is 0. The molecule has 0 aliphatic heterocycles. The predicted molar refractivity (Wildman–Crippen MR) is 77.1 cm³/mol. The third-order valence-electron chi connectivity index (χ3n) is 3.27. The van der Waals surface area contributed by atoms with Gasteiger partial charge in [0, 0.05) is 12.1 Å². The maximum atomic E-state index is 13.2. The number of rotatable bonds is 5. The molecule has 0 unspecified atom stereocenters. The van der Waals surface area contributed by atoms with Crippen molar-refractivity contribution in [2.24, 2.45) is 0 Å². The third-order valence-corrected chi connectivity index (χ3v) is 3.27. The summed E-state index contributed by atoms with van der Waals surface area (Å²) in [6, 6.07) is 4.58. The maximum Gasteiger partial charge on any atom is 0.311 e. The van der Waals surface area contributed by atoms with Gasteiger partial charge in [-0.25, -0.2) is 4.39 Å². The van der Waals surface area contributed by atoms with Crippen molar-refractivity contribution in [3.05, 3.63) is 58.3 Å². The van der Waals surface area contributed by atoms with Crippen molar-refractivity contribution in [1.82, 2.24) is 5.32 Å². The van der Waals surface area contributed by atoms with E-state index in [1.165, 1.54) is 12.3 Å². The first-order valence-corrected chi connectivity index (χ1v) is 6.70. The second kappa shape index (κ2) is 6.43. The lowest BCUT2D eigenvalue weighted by atomic mass is 10.1. The van der Waals surface area contributed by atoms with Gasteiger partial charge in [-0.15, -0.1) is 0 Å². The van der Waals surface area contributed by atoms with Crippen molar-refractivity contribution in [2.45, 2.75) is 26.8 Å². The molecule has 1 amide bonds. The molecule has 1 heterocycles. The summed E-state index contributed by atoms with van der Waals surface area (Å²) in [6.45, 7) is 3.54. The van der Waals surface area contributed by atoms with Crippen LogP contribution in [0, 0.1) is 19.7 Å². The topological polar surface area (TPSA) is 79.5 Å². The molecule has 0 spiro atoms. The number of nitrogens with one attached hydrogen (secondary N) is 1. The van der Waals surface area contributed by atoms with Crippen molar-refractivity contribution in [2.75, 3.05) is 0 Å². The summed E-state index contributed by atoms with van der Waals surface area (Å²) in [5.41, 5.74) is 2.07. The second-order valence-electron chi connectivity index (χ2n) is 5.05. The Hall–Kier alpha value is -2.63. The molecule has 0 aliphatic carbocycles. The molecule has 2 N–H and O–H groups in total. The molecule has 1 aromatic heterocycles. The number of halogens is 1. The number of benzene rings is 1. The molecule has 0 aliphatic rings. The smallest absolute Gasteiger partial charge is 0.311 e. The van der Waals surface area contributed by atoms with Crippen molar-refractivity contribution in [3.63, 3.8) is 0 Å². The van der Waals surface area contributed by atoms with E-state index in [0.717, 1.165) is 5.56 Å². The third kappa shape index (κ3) is 3.52. The van der Waals surface area contributed by atoms with Crippen LogP contribution in [0.15, 0.2) is 28.9 Å². The van der Waals surface area contributed by atoms with Crippen LogP contribution in [-0.2, 0) is 17.8 Å². The number of carboxylic acids is 1. The Morgan fingerprint density at radius 2 is 2.00 bits per heavy atom. The average Bonchev–Trinajstić information content (AvgIpc) is 2.80. The highest BCUT2D eigenvalue weighted by molar-refractivity contribution is 5.97. The summed E-state index contributed by atoms with van der Waals surface area (Å²) in [7, 11) is 0. The standard InChI is InChI=1S/C16H16FNO4/c1-9-5-11(3-4-12(9)17)7-18-16(21)15-10(2)8-22-13(15)6-14(19)20/h3-5,8H,6-7H2,1-2H3,(H,18,21)(H,19,20). The predicted octanol–water partition coefficient (Wildman–Crippen LogP) is 2.59. The van der Waals surface area contributed by atoms with E-state index in [1.807, 2.05) is 0 Å². The van der Waals surface area contributed by atoms with Crippen LogP contribution < -0.4 is 5.32 Å². The molecule has 1 aromatic carbocycles. The number of aryl methyl sites for hydroxylation is 2. The van der Waals surface area contributed by atoms with Gasteiger partial charge in [-0.05, 0) is 31.0 Å². The van der Waals surface area contributed by atoms with E-state index < -0.39 is 11.9 Å². The lowest BCUT2D eigenvalue weighted by molar-refractivity contribution is -0.136. The minimum absolute atomic E-state index is 0.123. The Labute approximate surface area is 126 Å². The van der Waals surface area contributed by atoms with Gasteiger partial charge in [-0.3, -0.25) is 9.59 Å². The van der Waals surface area contributed by atoms with Crippen molar-refractivity contribution in [1.29, 1.82) is 0 Å². The second-order valence-corrected chi connectivity index (χ2v) is 5.05. The minimum Gasteiger partial charge on any atom is -0.481 e. The lowest BCUT2D eigenvalue weighted by Crippen LogP contribution is -2.24. The van der Waals surface area contributed by atoms with E-state index >= 15 is 0 Å². The summed E-state index contributed by atoms with van der Waals surface area (Å²) in [6.07, 6.45) is 1.00. The molecule has 0 saturated carbocycles. The van der Waals surface area contributed by atoms with Gasteiger partial charge in [0.2, 0.25) is 0 Å². The Bertz CT molecular complexity index is 721. The quantitative estimate of drug-likeness (QED) is 0.890. The van der Waals surface area contributed by atoms with Crippen LogP contribution in [0.25, 0.3) is 0 Å². The molecule has 0 radical (unpaired) electrons. The summed E-state index contributed by atoms with van der Waals surface area (Å²) < 4.78 is 18.3.